The van der Waals surface area contributed by atoms with Crippen LogP contribution in [0.25, 0.3) is 0 Å². The van der Waals surface area contributed by atoms with Crippen LogP contribution in [0, 0.1) is 5.92 Å². The molecule has 1 aromatic carbocycles. The van der Waals surface area contributed by atoms with Crippen molar-refractivity contribution in [3.8, 4) is 0 Å². The molecule has 26 heavy (non-hydrogen) atoms. The molecule has 1 aromatic rings. The quantitative estimate of drug-likeness (QED) is 0.185. The van der Waals surface area contributed by atoms with Crippen LogP contribution in [0.5, 0.6) is 0 Å². The Morgan fingerprint density at radius 2 is 1.92 bits per heavy atom. The molecule has 0 amide bonds. The standard InChI is InChI=1S/C21H33IO4/c1-17(10-11-24-15-18-6-4-3-5-7-18)8-9-19-12-20(25-16-23-2)13-21(14-22)26-19/h3-7,17,19-21H,8-16H2,1-2H3/t17-,19?,20-,21+/m1/s1. The number of benzene rings is 1. The van der Waals surface area contributed by atoms with Crippen molar-refractivity contribution in [3.63, 3.8) is 0 Å². The molecule has 0 saturated carbocycles. The van der Waals surface area contributed by atoms with Crippen LogP contribution in [0.15, 0.2) is 30.3 Å². The summed E-state index contributed by atoms with van der Waals surface area (Å²) < 4.78 is 23.9. The maximum Gasteiger partial charge on any atom is 0.146 e. The van der Waals surface area contributed by atoms with E-state index in [9.17, 15) is 0 Å². The van der Waals surface area contributed by atoms with Gasteiger partial charge in [-0.25, -0.2) is 0 Å². The van der Waals surface area contributed by atoms with Crippen LogP contribution in [-0.2, 0) is 25.6 Å². The second-order valence-corrected chi connectivity index (χ2v) is 8.09. The van der Waals surface area contributed by atoms with E-state index in [0.717, 1.165) is 36.7 Å². The van der Waals surface area contributed by atoms with E-state index < -0.39 is 0 Å². The zero-order valence-corrected chi connectivity index (χ0v) is 18.2. The van der Waals surface area contributed by atoms with E-state index in [1.165, 1.54) is 12.0 Å². The van der Waals surface area contributed by atoms with Gasteiger partial charge in [-0.15, -0.1) is 0 Å². The van der Waals surface area contributed by atoms with Gasteiger partial charge in [0.2, 0.25) is 0 Å². The van der Waals surface area contributed by atoms with Crippen molar-refractivity contribution in [2.24, 2.45) is 5.92 Å². The Morgan fingerprint density at radius 3 is 2.65 bits per heavy atom. The van der Waals surface area contributed by atoms with E-state index in [-0.39, 0.29) is 6.10 Å². The molecule has 0 aromatic heterocycles. The van der Waals surface area contributed by atoms with Gasteiger partial charge in [-0.3, -0.25) is 0 Å². The lowest BCUT2D eigenvalue weighted by Crippen LogP contribution is -2.38. The number of ether oxygens (including phenoxy) is 4. The van der Waals surface area contributed by atoms with Crippen LogP contribution in [-0.4, -0.2) is 43.2 Å². The van der Waals surface area contributed by atoms with Gasteiger partial charge in [0.15, 0.2) is 0 Å². The van der Waals surface area contributed by atoms with Gasteiger partial charge in [-0.1, -0.05) is 59.8 Å². The van der Waals surface area contributed by atoms with E-state index in [0.29, 0.717) is 31.5 Å². The minimum Gasteiger partial charge on any atom is -0.377 e. The van der Waals surface area contributed by atoms with Crippen LogP contribution < -0.4 is 0 Å². The maximum atomic E-state index is 6.22. The molecule has 1 aliphatic heterocycles. The average Bonchev–Trinajstić information content (AvgIpc) is 2.68. The van der Waals surface area contributed by atoms with Crippen molar-refractivity contribution < 1.29 is 18.9 Å². The van der Waals surface area contributed by atoms with Crippen LogP contribution in [0.1, 0.15) is 44.6 Å². The predicted octanol–water partition coefficient (Wildman–Crippen LogP) is 4.98. The number of hydrogen-bond acceptors (Lipinski definition) is 4. The lowest BCUT2D eigenvalue weighted by atomic mass is 9.94. The number of methoxy groups -OCH3 is 1. The molecule has 4 atom stereocenters. The van der Waals surface area contributed by atoms with Crippen molar-refractivity contribution in [3.05, 3.63) is 35.9 Å². The molecule has 0 aliphatic carbocycles. The van der Waals surface area contributed by atoms with Gasteiger partial charge < -0.3 is 18.9 Å². The summed E-state index contributed by atoms with van der Waals surface area (Å²) in [6.07, 6.45) is 6.19. The van der Waals surface area contributed by atoms with Crippen molar-refractivity contribution in [1.82, 2.24) is 0 Å². The second kappa shape index (κ2) is 13.0. The van der Waals surface area contributed by atoms with E-state index in [4.69, 9.17) is 18.9 Å². The smallest absolute Gasteiger partial charge is 0.146 e. The Bertz CT molecular complexity index is 470. The first-order chi connectivity index (χ1) is 12.7. The molecule has 2 rings (SSSR count). The van der Waals surface area contributed by atoms with Gasteiger partial charge >= 0.3 is 0 Å². The normalized spacial score (nSPS) is 24.5. The summed E-state index contributed by atoms with van der Waals surface area (Å²) in [4.78, 5) is 0. The van der Waals surface area contributed by atoms with E-state index >= 15 is 0 Å². The van der Waals surface area contributed by atoms with Crippen LogP contribution in [0.2, 0.25) is 0 Å². The summed E-state index contributed by atoms with van der Waals surface area (Å²) in [5.41, 5.74) is 1.24. The third-order valence-electron chi connectivity index (χ3n) is 4.88. The van der Waals surface area contributed by atoms with Crippen molar-refractivity contribution in [2.75, 3.05) is 24.9 Å². The largest absolute Gasteiger partial charge is 0.377 e. The van der Waals surface area contributed by atoms with E-state index in [1.54, 1.807) is 7.11 Å². The molecule has 0 N–H and O–H groups in total. The first-order valence-electron chi connectivity index (χ1n) is 9.64. The number of alkyl halides is 1. The van der Waals surface area contributed by atoms with Crippen LogP contribution >= 0.6 is 22.6 Å². The highest BCUT2D eigenvalue weighted by Gasteiger charge is 2.29. The molecule has 1 unspecified atom stereocenters. The Kier molecular flexibility index (Phi) is 11.1. The minimum atomic E-state index is 0.262. The molecule has 5 heteroatoms. The number of rotatable bonds is 12. The van der Waals surface area contributed by atoms with Crippen molar-refractivity contribution in [1.29, 1.82) is 0 Å². The lowest BCUT2D eigenvalue weighted by Gasteiger charge is -2.35. The molecular formula is C21H33IO4. The molecule has 1 aliphatic rings. The van der Waals surface area contributed by atoms with Gasteiger partial charge in [0.25, 0.3) is 0 Å². The molecule has 1 fully saturated rings. The summed E-state index contributed by atoms with van der Waals surface area (Å²) in [5, 5.41) is 0. The summed E-state index contributed by atoms with van der Waals surface area (Å²) in [6.45, 7) is 4.20. The van der Waals surface area contributed by atoms with Crippen LogP contribution in [0.4, 0.5) is 0 Å². The first kappa shape index (κ1) is 22.1. The van der Waals surface area contributed by atoms with Gasteiger partial charge in [0.1, 0.15) is 6.79 Å². The average molecular weight is 476 g/mol. The van der Waals surface area contributed by atoms with Gasteiger partial charge in [0.05, 0.1) is 24.9 Å². The van der Waals surface area contributed by atoms with E-state index in [1.807, 2.05) is 6.07 Å². The van der Waals surface area contributed by atoms with Crippen molar-refractivity contribution >= 4 is 22.6 Å². The summed E-state index contributed by atoms with van der Waals surface area (Å²) in [7, 11) is 1.67. The number of hydrogen-bond donors (Lipinski definition) is 0. The Balaban J connectivity index is 1.61. The third-order valence-corrected chi connectivity index (χ3v) is 5.86. The fourth-order valence-corrected chi connectivity index (χ4v) is 3.88. The van der Waals surface area contributed by atoms with Gasteiger partial charge in [0, 0.05) is 24.6 Å². The van der Waals surface area contributed by atoms with E-state index in [2.05, 4.69) is 53.8 Å². The predicted molar refractivity (Wildman–Crippen MR) is 113 cm³/mol. The zero-order chi connectivity index (χ0) is 18.6. The third kappa shape index (κ3) is 8.65. The monoisotopic (exact) mass is 476 g/mol. The Labute approximate surface area is 172 Å². The van der Waals surface area contributed by atoms with Crippen LogP contribution in [0.3, 0.4) is 0 Å². The molecule has 0 spiro atoms. The molecule has 1 heterocycles. The highest BCUT2D eigenvalue weighted by Crippen LogP contribution is 2.27. The maximum absolute atomic E-state index is 6.22. The highest BCUT2D eigenvalue weighted by atomic mass is 127. The fourth-order valence-electron chi connectivity index (χ4n) is 3.32. The Hall–Kier alpha value is -0.210. The molecule has 1 saturated heterocycles. The fraction of sp³-hybridized carbons (Fsp3) is 0.714. The molecule has 148 valence electrons. The molecule has 4 nitrogen and oxygen atoms in total. The molecule has 0 radical (unpaired) electrons. The zero-order valence-electron chi connectivity index (χ0n) is 16.1. The highest BCUT2D eigenvalue weighted by molar-refractivity contribution is 14.1. The summed E-state index contributed by atoms with van der Waals surface area (Å²) >= 11 is 2.41. The summed E-state index contributed by atoms with van der Waals surface area (Å²) in [6, 6.07) is 10.4. The first-order valence-corrected chi connectivity index (χ1v) is 11.2. The van der Waals surface area contributed by atoms with Gasteiger partial charge in [-0.05, 0) is 37.2 Å². The topological polar surface area (TPSA) is 36.9 Å². The SMILES string of the molecule is COCO[C@@H]1CC(CC[C@@H](C)CCOCc2ccccc2)O[C@H](CI)C1. The lowest BCUT2D eigenvalue weighted by molar-refractivity contribution is -0.144. The molecular weight excluding hydrogens is 443 g/mol. The Morgan fingerprint density at radius 1 is 1.15 bits per heavy atom. The minimum absolute atomic E-state index is 0.262. The van der Waals surface area contributed by atoms with Gasteiger partial charge in [-0.2, -0.15) is 0 Å². The molecule has 0 bridgehead atoms. The van der Waals surface area contributed by atoms with Crippen molar-refractivity contribution in [2.45, 2.75) is 63.9 Å². The summed E-state index contributed by atoms with van der Waals surface area (Å²) in [5.74, 6) is 0.646. The second-order valence-electron chi connectivity index (χ2n) is 7.21. The number of halogens is 1.